The molecule has 0 unspecified atom stereocenters. The minimum Gasteiger partial charge on any atom is -0.326 e. The molecule has 0 aliphatic carbocycles. The fourth-order valence-electron chi connectivity index (χ4n) is 1.52. The molecule has 0 aliphatic rings. The summed E-state index contributed by atoms with van der Waals surface area (Å²) in [5.41, 5.74) is 8.04. The predicted octanol–water partition coefficient (Wildman–Crippen LogP) is 1.60. The average molecular weight is 202 g/mol. The van der Waals surface area contributed by atoms with E-state index in [9.17, 15) is 0 Å². The van der Waals surface area contributed by atoms with E-state index in [-0.39, 0.29) is 0 Å². The lowest BCUT2D eigenvalue weighted by Gasteiger charge is -2.17. The van der Waals surface area contributed by atoms with E-state index in [1.165, 1.54) is 11.1 Å². The minimum atomic E-state index is 0.592. The molecule has 0 heterocycles. The maximum Gasteiger partial charge on any atom is 0.0601 e. The lowest BCUT2D eigenvalue weighted by Crippen LogP contribution is -2.23. The van der Waals surface area contributed by atoms with Crippen LogP contribution in [0.4, 0.5) is 0 Å². The molecule has 0 aliphatic heterocycles. The van der Waals surface area contributed by atoms with E-state index in [1.54, 1.807) is 0 Å². The van der Waals surface area contributed by atoms with Crippen LogP contribution in [-0.2, 0) is 13.1 Å². The molecule has 0 aromatic heterocycles. The Balaban J connectivity index is 2.66. The largest absolute Gasteiger partial charge is 0.326 e. The van der Waals surface area contributed by atoms with Gasteiger partial charge in [0.25, 0.3) is 0 Å². The normalized spacial score (nSPS) is 10.3. The second kappa shape index (κ2) is 6.23. The van der Waals surface area contributed by atoms with Crippen molar-refractivity contribution >= 4 is 0 Å². The van der Waals surface area contributed by atoms with Crippen molar-refractivity contribution in [3.05, 3.63) is 35.4 Å². The van der Waals surface area contributed by atoms with Gasteiger partial charge in [0.2, 0.25) is 0 Å². The Kier molecular flexibility index (Phi) is 4.89. The van der Waals surface area contributed by atoms with Gasteiger partial charge in [-0.25, -0.2) is 0 Å². The Labute approximate surface area is 92.1 Å². The number of nitrogens with zero attached hydrogens (tertiary/aromatic N) is 1. The van der Waals surface area contributed by atoms with Crippen LogP contribution in [-0.4, -0.2) is 18.0 Å². The summed E-state index contributed by atoms with van der Waals surface area (Å²) >= 11 is 0. The zero-order valence-electron chi connectivity index (χ0n) is 9.24. The highest BCUT2D eigenvalue weighted by atomic mass is 15.1. The van der Waals surface area contributed by atoms with E-state index in [0.29, 0.717) is 13.1 Å². The Bertz CT molecular complexity index is 339. The fraction of sp³-hybridized carbons (Fsp3) is 0.385. The fourth-order valence-corrected chi connectivity index (χ4v) is 1.52. The maximum atomic E-state index is 5.59. The van der Waals surface area contributed by atoms with Crippen molar-refractivity contribution in [3.8, 4) is 12.3 Å². The summed E-state index contributed by atoms with van der Waals surface area (Å²) in [7, 11) is 0. The molecular formula is C13H18N2. The number of hydrogen-bond donors (Lipinski definition) is 1. The van der Waals surface area contributed by atoms with Crippen molar-refractivity contribution in [1.29, 1.82) is 0 Å². The van der Waals surface area contributed by atoms with Gasteiger partial charge in [0.1, 0.15) is 0 Å². The van der Waals surface area contributed by atoms with Crippen LogP contribution in [0.1, 0.15) is 18.1 Å². The summed E-state index contributed by atoms with van der Waals surface area (Å²) in [4.78, 5) is 2.22. The van der Waals surface area contributed by atoms with Gasteiger partial charge in [-0.2, -0.15) is 0 Å². The number of hydrogen-bond acceptors (Lipinski definition) is 2. The summed E-state index contributed by atoms with van der Waals surface area (Å²) in [6.45, 7) is 5.27. The summed E-state index contributed by atoms with van der Waals surface area (Å²) in [6.07, 6.45) is 5.30. The van der Waals surface area contributed by atoms with E-state index < -0.39 is 0 Å². The van der Waals surface area contributed by atoms with Gasteiger partial charge >= 0.3 is 0 Å². The quantitative estimate of drug-likeness (QED) is 0.735. The van der Waals surface area contributed by atoms with Crippen LogP contribution >= 0.6 is 0 Å². The van der Waals surface area contributed by atoms with E-state index in [1.807, 2.05) is 12.1 Å². The maximum absolute atomic E-state index is 5.59. The monoisotopic (exact) mass is 202 g/mol. The molecular weight excluding hydrogens is 184 g/mol. The molecule has 1 aromatic rings. The summed E-state index contributed by atoms with van der Waals surface area (Å²) in [5, 5.41) is 0. The first-order valence-electron chi connectivity index (χ1n) is 5.23. The molecule has 2 N–H and O–H groups in total. The van der Waals surface area contributed by atoms with Crippen molar-refractivity contribution < 1.29 is 0 Å². The van der Waals surface area contributed by atoms with Gasteiger partial charge < -0.3 is 5.73 Å². The summed E-state index contributed by atoms with van der Waals surface area (Å²) in [5.74, 6) is 2.67. The second-order valence-electron chi connectivity index (χ2n) is 3.53. The highest BCUT2D eigenvalue weighted by molar-refractivity contribution is 5.23. The lowest BCUT2D eigenvalue weighted by atomic mass is 10.1. The van der Waals surface area contributed by atoms with Gasteiger partial charge in [0.15, 0.2) is 0 Å². The smallest absolute Gasteiger partial charge is 0.0601 e. The van der Waals surface area contributed by atoms with Crippen molar-refractivity contribution in [1.82, 2.24) is 4.90 Å². The minimum absolute atomic E-state index is 0.592. The molecule has 2 nitrogen and oxygen atoms in total. The molecule has 80 valence electrons. The molecule has 0 amide bonds. The summed E-state index contributed by atoms with van der Waals surface area (Å²) < 4.78 is 0. The third kappa shape index (κ3) is 3.75. The van der Waals surface area contributed by atoms with Gasteiger partial charge in [-0.05, 0) is 17.7 Å². The average Bonchev–Trinajstić information content (AvgIpc) is 2.29. The number of terminal acetylenes is 1. The van der Waals surface area contributed by atoms with E-state index in [4.69, 9.17) is 12.2 Å². The first-order valence-corrected chi connectivity index (χ1v) is 5.23. The van der Waals surface area contributed by atoms with Gasteiger partial charge in [-0.15, -0.1) is 6.42 Å². The van der Waals surface area contributed by atoms with Gasteiger partial charge in [-0.1, -0.05) is 37.1 Å². The Morgan fingerprint density at radius 1 is 1.40 bits per heavy atom. The van der Waals surface area contributed by atoms with Gasteiger partial charge in [0, 0.05) is 13.1 Å². The van der Waals surface area contributed by atoms with E-state index in [2.05, 4.69) is 29.9 Å². The molecule has 0 saturated heterocycles. The SMILES string of the molecule is C#CCN(CC)Cc1cccc(CN)c1. The zero-order chi connectivity index (χ0) is 11.1. The molecule has 1 aromatic carbocycles. The van der Waals surface area contributed by atoms with E-state index in [0.717, 1.165) is 13.1 Å². The van der Waals surface area contributed by atoms with Crippen molar-refractivity contribution in [2.75, 3.05) is 13.1 Å². The molecule has 15 heavy (non-hydrogen) atoms. The van der Waals surface area contributed by atoms with Crippen LogP contribution < -0.4 is 5.73 Å². The van der Waals surface area contributed by atoms with E-state index >= 15 is 0 Å². The molecule has 0 atom stereocenters. The Morgan fingerprint density at radius 2 is 2.13 bits per heavy atom. The molecule has 0 radical (unpaired) electrons. The van der Waals surface area contributed by atoms with Crippen LogP contribution in [0.15, 0.2) is 24.3 Å². The van der Waals surface area contributed by atoms with Crippen LogP contribution in [0.2, 0.25) is 0 Å². The van der Waals surface area contributed by atoms with Crippen LogP contribution in [0.5, 0.6) is 0 Å². The van der Waals surface area contributed by atoms with Crippen molar-refractivity contribution in [2.24, 2.45) is 5.73 Å². The van der Waals surface area contributed by atoms with Crippen LogP contribution in [0.3, 0.4) is 0 Å². The van der Waals surface area contributed by atoms with Gasteiger partial charge in [-0.3, -0.25) is 4.90 Å². The molecule has 0 bridgehead atoms. The first kappa shape index (κ1) is 11.8. The Hall–Kier alpha value is -1.30. The molecule has 1 rings (SSSR count). The number of benzene rings is 1. The Morgan fingerprint density at radius 3 is 2.73 bits per heavy atom. The first-order chi connectivity index (χ1) is 7.30. The summed E-state index contributed by atoms with van der Waals surface area (Å²) in [6, 6.07) is 8.33. The van der Waals surface area contributed by atoms with Gasteiger partial charge in [0.05, 0.1) is 6.54 Å². The molecule has 0 fully saturated rings. The third-order valence-corrected chi connectivity index (χ3v) is 2.40. The predicted molar refractivity (Wildman–Crippen MR) is 64.1 cm³/mol. The third-order valence-electron chi connectivity index (χ3n) is 2.40. The topological polar surface area (TPSA) is 29.3 Å². The van der Waals surface area contributed by atoms with Crippen LogP contribution in [0.25, 0.3) is 0 Å². The van der Waals surface area contributed by atoms with Crippen molar-refractivity contribution in [3.63, 3.8) is 0 Å². The molecule has 0 spiro atoms. The highest BCUT2D eigenvalue weighted by Gasteiger charge is 2.02. The zero-order valence-corrected chi connectivity index (χ0v) is 9.24. The van der Waals surface area contributed by atoms with Crippen LogP contribution in [0, 0.1) is 12.3 Å². The molecule has 0 saturated carbocycles. The standard InChI is InChI=1S/C13H18N2/c1-3-8-15(4-2)11-13-7-5-6-12(9-13)10-14/h1,5-7,9H,4,8,10-11,14H2,2H3. The number of rotatable bonds is 5. The highest BCUT2D eigenvalue weighted by Crippen LogP contribution is 2.07. The lowest BCUT2D eigenvalue weighted by molar-refractivity contribution is 0.316. The number of nitrogens with two attached hydrogens (primary N) is 1. The molecule has 2 heteroatoms. The van der Waals surface area contributed by atoms with Crippen molar-refractivity contribution in [2.45, 2.75) is 20.0 Å². The second-order valence-corrected chi connectivity index (χ2v) is 3.53.